The molecule has 0 aliphatic heterocycles. The van der Waals surface area contributed by atoms with Gasteiger partial charge in [-0.05, 0) is 30.5 Å². The van der Waals surface area contributed by atoms with Crippen molar-refractivity contribution in [3.05, 3.63) is 47.4 Å². The summed E-state index contributed by atoms with van der Waals surface area (Å²) in [6.45, 7) is 0.00571. The predicted molar refractivity (Wildman–Crippen MR) is 66.0 cm³/mol. The molecule has 1 aliphatic rings. The van der Waals surface area contributed by atoms with Gasteiger partial charge in [0.25, 0.3) is 5.89 Å². The highest BCUT2D eigenvalue weighted by molar-refractivity contribution is 5.74. The number of carbonyl (C=O) groups is 1. The number of nitrogens with zero attached hydrogens (tertiary/aromatic N) is 2. The summed E-state index contributed by atoms with van der Waals surface area (Å²) in [6, 6.07) is 6.10. The van der Waals surface area contributed by atoms with Crippen LogP contribution >= 0.6 is 0 Å². The summed E-state index contributed by atoms with van der Waals surface area (Å²) in [7, 11) is 0. The summed E-state index contributed by atoms with van der Waals surface area (Å²) in [4.78, 5) is 15.5. The van der Waals surface area contributed by atoms with Crippen LogP contribution in [0, 0.1) is 11.7 Å². The maximum Gasteiger partial charge on any atom is 0.309 e. The van der Waals surface area contributed by atoms with E-state index in [9.17, 15) is 9.18 Å². The fourth-order valence-electron chi connectivity index (χ4n) is 1.78. The molecule has 0 spiro atoms. The minimum Gasteiger partial charge on any atom is -0.455 e. The van der Waals surface area contributed by atoms with Gasteiger partial charge in [-0.3, -0.25) is 4.79 Å². The molecule has 1 aromatic heterocycles. The maximum absolute atomic E-state index is 12.8. The molecule has 0 atom stereocenters. The SMILES string of the molecule is O=C(OCc1nc(Cc2ccc(F)cc2)no1)C1CC1. The molecule has 0 N–H and O–H groups in total. The van der Waals surface area contributed by atoms with Crippen LogP contribution in [0.3, 0.4) is 0 Å². The van der Waals surface area contributed by atoms with Gasteiger partial charge in [-0.15, -0.1) is 0 Å². The molecule has 20 heavy (non-hydrogen) atoms. The average Bonchev–Trinajstić information content (AvgIpc) is 3.20. The van der Waals surface area contributed by atoms with Crippen LogP contribution in [0.1, 0.15) is 30.1 Å². The van der Waals surface area contributed by atoms with Gasteiger partial charge in [-0.1, -0.05) is 17.3 Å². The van der Waals surface area contributed by atoms with E-state index in [1.807, 2.05) is 0 Å². The molecule has 104 valence electrons. The Kier molecular flexibility index (Phi) is 3.45. The third-order valence-corrected chi connectivity index (χ3v) is 3.03. The lowest BCUT2D eigenvalue weighted by molar-refractivity contribution is -0.147. The number of halogens is 1. The van der Waals surface area contributed by atoms with Gasteiger partial charge in [0.1, 0.15) is 5.82 Å². The molecule has 0 unspecified atom stereocenters. The molecule has 1 aromatic carbocycles. The van der Waals surface area contributed by atoms with Gasteiger partial charge in [0, 0.05) is 6.42 Å². The van der Waals surface area contributed by atoms with Crippen molar-refractivity contribution < 1.29 is 18.4 Å². The third kappa shape index (κ3) is 3.20. The molecule has 1 saturated carbocycles. The number of ether oxygens (including phenoxy) is 1. The van der Waals surface area contributed by atoms with E-state index in [1.54, 1.807) is 12.1 Å². The first kappa shape index (κ1) is 12.8. The number of hydrogen-bond donors (Lipinski definition) is 0. The normalized spacial score (nSPS) is 14.2. The van der Waals surface area contributed by atoms with Crippen molar-refractivity contribution in [3.63, 3.8) is 0 Å². The van der Waals surface area contributed by atoms with Crippen LogP contribution in [0.4, 0.5) is 4.39 Å². The Bertz CT molecular complexity index is 605. The highest BCUT2D eigenvalue weighted by atomic mass is 19.1. The van der Waals surface area contributed by atoms with Gasteiger partial charge < -0.3 is 9.26 Å². The molecule has 0 bridgehead atoms. The molecule has 1 heterocycles. The fourth-order valence-corrected chi connectivity index (χ4v) is 1.78. The minimum atomic E-state index is -0.283. The van der Waals surface area contributed by atoms with E-state index in [-0.39, 0.29) is 30.2 Å². The second kappa shape index (κ2) is 5.40. The van der Waals surface area contributed by atoms with Gasteiger partial charge in [-0.2, -0.15) is 4.98 Å². The molecule has 6 heteroatoms. The molecule has 3 rings (SSSR count). The lowest BCUT2D eigenvalue weighted by Crippen LogP contribution is -2.06. The Morgan fingerprint density at radius 1 is 1.35 bits per heavy atom. The van der Waals surface area contributed by atoms with Gasteiger partial charge in [0.05, 0.1) is 5.92 Å². The second-order valence-corrected chi connectivity index (χ2v) is 4.79. The van der Waals surface area contributed by atoms with Crippen molar-refractivity contribution in [1.29, 1.82) is 0 Å². The number of hydrogen-bond acceptors (Lipinski definition) is 5. The van der Waals surface area contributed by atoms with Crippen molar-refractivity contribution in [2.75, 3.05) is 0 Å². The van der Waals surface area contributed by atoms with E-state index < -0.39 is 0 Å². The second-order valence-electron chi connectivity index (χ2n) is 4.79. The van der Waals surface area contributed by atoms with E-state index in [0.717, 1.165) is 18.4 Å². The largest absolute Gasteiger partial charge is 0.455 e. The average molecular weight is 276 g/mol. The molecule has 5 nitrogen and oxygen atoms in total. The lowest BCUT2D eigenvalue weighted by Gasteiger charge is -1.98. The van der Waals surface area contributed by atoms with Crippen LogP contribution in [-0.2, 0) is 22.6 Å². The predicted octanol–water partition coefficient (Wildman–Crippen LogP) is 2.25. The van der Waals surface area contributed by atoms with Crippen LogP contribution < -0.4 is 0 Å². The van der Waals surface area contributed by atoms with Gasteiger partial charge in [-0.25, -0.2) is 4.39 Å². The smallest absolute Gasteiger partial charge is 0.309 e. The topological polar surface area (TPSA) is 65.2 Å². The number of carbonyl (C=O) groups excluding carboxylic acids is 1. The summed E-state index contributed by atoms with van der Waals surface area (Å²) in [6.07, 6.45) is 2.25. The molecule has 1 fully saturated rings. The number of rotatable bonds is 5. The van der Waals surface area contributed by atoms with Crippen LogP contribution in [-0.4, -0.2) is 16.1 Å². The fraction of sp³-hybridized carbons (Fsp3) is 0.357. The van der Waals surface area contributed by atoms with Gasteiger partial charge >= 0.3 is 5.97 Å². The van der Waals surface area contributed by atoms with Crippen molar-refractivity contribution in [2.45, 2.75) is 25.9 Å². The number of aromatic nitrogens is 2. The minimum absolute atomic E-state index is 0.00571. The Morgan fingerprint density at radius 3 is 2.80 bits per heavy atom. The zero-order valence-corrected chi connectivity index (χ0v) is 10.7. The molecule has 2 aromatic rings. The van der Waals surface area contributed by atoms with E-state index in [2.05, 4.69) is 10.1 Å². The Morgan fingerprint density at radius 2 is 2.10 bits per heavy atom. The van der Waals surface area contributed by atoms with Crippen LogP contribution in [0.2, 0.25) is 0 Å². The molecule has 0 saturated heterocycles. The van der Waals surface area contributed by atoms with Crippen molar-refractivity contribution in [2.24, 2.45) is 5.92 Å². The Labute approximate surface area is 114 Å². The van der Waals surface area contributed by atoms with Crippen molar-refractivity contribution in [1.82, 2.24) is 10.1 Å². The summed E-state index contributed by atoms with van der Waals surface area (Å²) >= 11 is 0. The number of benzene rings is 1. The molecular weight excluding hydrogens is 263 g/mol. The highest BCUT2D eigenvalue weighted by Crippen LogP contribution is 2.30. The lowest BCUT2D eigenvalue weighted by atomic mass is 10.1. The van der Waals surface area contributed by atoms with E-state index in [1.165, 1.54) is 12.1 Å². The maximum atomic E-state index is 12.8. The molecular formula is C14H13FN2O3. The van der Waals surface area contributed by atoms with Crippen LogP contribution in [0.5, 0.6) is 0 Å². The Hall–Kier alpha value is -2.24. The third-order valence-electron chi connectivity index (χ3n) is 3.03. The van der Waals surface area contributed by atoms with Crippen molar-refractivity contribution in [3.8, 4) is 0 Å². The van der Waals surface area contributed by atoms with Crippen LogP contribution in [0.25, 0.3) is 0 Å². The zero-order chi connectivity index (χ0) is 13.9. The van der Waals surface area contributed by atoms with E-state index >= 15 is 0 Å². The summed E-state index contributed by atoms with van der Waals surface area (Å²) < 4.78 is 22.8. The number of esters is 1. The van der Waals surface area contributed by atoms with Crippen molar-refractivity contribution >= 4 is 5.97 Å². The monoisotopic (exact) mass is 276 g/mol. The van der Waals surface area contributed by atoms with Gasteiger partial charge in [0.2, 0.25) is 0 Å². The molecule has 1 aliphatic carbocycles. The summed E-state index contributed by atoms with van der Waals surface area (Å²) in [5.41, 5.74) is 0.883. The van der Waals surface area contributed by atoms with Crippen LogP contribution in [0.15, 0.2) is 28.8 Å². The standard InChI is InChI=1S/C14H13FN2O3/c15-11-5-1-9(2-6-11)7-12-16-13(20-17-12)8-19-14(18)10-3-4-10/h1-2,5-6,10H,3-4,7-8H2. The quantitative estimate of drug-likeness (QED) is 0.784. The first-order chi connectivity index (χ1) is 9.70. The highest BCUT2D eigenvalue weighted by Gasteiger charge is 2.31. The van der Waals surface area contributed by atoms with E-state index in [4.69, 9.17) is 9.26 Å². The van der Waals surface area contributed by atoms with E-state index in [0.29, 0.717) is 12.2 Å². The molecule has 0 amide bonds. The zero-order valence-electron chi connectivity index (χ0n) is 10.7. The summed E-state index contributed by atoms with van der Waals surface area (Å²) in [5.74, 6) is 0.319. The van der Waals surface area contributed by atoms with Gasteiger partial charge in [0.15, 0.2) is 12.4 Å². The Balaban J connectivity index is 1.55. The first-order valence-corrected chi connectivity index (χ1v) is 6.43. The summed E-state index contributed by atoms with van der Waals surface area (Å²) in [5, 5.41) is 3.80. The first-order valence-electron chi connectivity index (χ1n) is 6.43. The molecule has 0 radical (unpaired) electrons.